The molecule has 1 aliphatic heterocycles. The number of halogens is 1. The number of nitrogens with zero attached hydrogens (tertiary/aromatic N) is 3. The van der Waals surface area contributed by atoms with Crippen LogP contribution in [0.5, 0.6) is 5.75 Å². The molecule has 10 heteroatoms. The third-order valence-corrected chi connectivity index (χ3v) is 8.90. The molecule has 3 aromatic carbocycles. The van der Waals surface area contributed by atoms with E-state index in [0.717, 1.165) is 24.0 Å². The van der Waals surface area contributed by atoms with Crippen LogP contribution in [-0.2, 0) is 28.0 Å². The molecule has 1 aromatic heterocycles. The minimum absolute atomic E-state index is 0. The molecule has 0 amide bonds. The molecule has 0 atom stereocenters. The van der Waals surface area contributed by atoms with Crippen LogP contribution in [0.1, 0.15) is 38.2 Å². The third-order valence-electron chi connectivity index (χ3n) is 7.49. The number of ether oxygens (including phenoxy) is 1. The maximum Gasteiger partial charge on any atom is 0.264 e. The summed E-state index contributed by atoms with van der Waals surface area (Å²) in [6.07, 6.45) is 7.58. The molecule has 1 aliphatic carbocycles. The molecule has 0 spiro atoms. The monoisotopic (exact) mass is 594 g/mol. The summed E-state index contributed by atoms with van der Waals surface area (Å²) in [6.45, 7) is 3.83. The number of aromatic nitrogens is 1. The standard InChI is InChI=1S/C28H29FN4O4S.C4H8.H2/c1-36-25-12-9-23(26(29)18-25)19-32-14-16-33(17-15-32)37-20-21-7-10-24(11-8-21)31-38(34,35)27-6-2-4-22-5-3-13-30-28(22)27;1-2-4-3-1;/h2-13,18,31H,14-17,19-20H2,1H3;1-4H2;1H. The second-order valence-corrected chi connectivity index (χ2v) is 12.1. The van der Waals surface area contributed by atoms with Gasteiger partial charge in [-0.15, -0.1) is 0 Å². The lowest BCUT2D eigenvalue weighted by molar-refractivity contribution is -0.186. The van der Waals surface area contributed by atoms with Gasteiger partial charge in [0.1, 0.15) is 16.5 Å². The van der Waals surface area contributed by atoms with Crippen LogP contribution in [0.2, 0.25) is 0 Å². The molecule has 0 unspecified atom stereocenters. The van der Waals surface area contributed by atoms with Gasteiger partial charge in [-0.1, -0.05) is 62.1 Å². The molecule has 0 bridgehead atoms. The zero-order valence-corrected chi connectivity index (χ0v) is 24.7. The number of hydrogen-bond acceptors (Lipinski definition) is 7. The van der Waals surface area contributed by atoms with E-state index in [1.54, 1.807) is 48.7 Å². The van der Waals surface area contributed by atoms with Crippen LogP contribution in [0.3, 0.4) is 0 Å². The number of sulfonamides is 1. The Balaban J connectivity index is 0.000000782. The zero-order chi connectivity index (χ0) is 29.4. The Labute approximate surface area is 248 Å². The van der Waals surface area contributed by atoms with Crippen LogP contribution in [-0.4, -0.2) is 56.7 Å². The highest BCUT2D eigenvalue weighted by Crippen LogP contribution is 2.24. The number of methoxy groups -OCH3 is 1. The van der Waals surface area contributed by atoms with Crippen molar-refractivity contribution in [1.82, 2.24) is 14.9 Å². The first-order chi connectivity index (χ1) is 20.4. The van der Waals surface area contributed by atoms with Gasteiger partial charge in [-0.2, -0.15) is 5.06 Å². The van der Waals surface area contributed by atoms with Crippen LogP contribution < -0.4 is 9.46 Å². The maximum absolute atomic E-state index is 14.3. The van der Waals surface area contributed by atoms with Crippen molar-refractivity contribution in [1.29, 1.82) is 0 Å². The van der Waals surface area contributed by atoms with E-state index in [1.807, 2.05) is 29.3 Å². The van der Waals surface area contributed by atoms with Crippen molar-refractivity contribution in [2.75, 3.05) is 38.0 Å². The van der Waals surface area contributed by atoms with Crippen LogP contribution >= 0.6 is 0 Å². The van der Waals surface area contributed by atoms with E-state index < -0.39 is 10.0 Å². The second kappa shape index (κ2) is 14.1. The molecule has 1 saturated heterocycles. The molecule has 2 aliphatic rings. The summed E-state index contributed by atoms with van der Waals surface area (Å²) in [5.41, 5.74) is 2.46. The highest BCUT2D eigenvalue weighted by Gasteiger charge is 2.20. The zero-order valence-electron chi connectivity index (χ0n) is 23.8. The highest BCUT2D eigenvalue weighted by molar-refractivity contribution is 7.93. The Hall–Kier alpha value is -3.57. The molecule has 42 heavy (non-hydrogen) atoms. The Morgan fingerprint density at radius 2 is 1.64 bits per heavy atom. The van der Waals surface area contributed by atoms with Crippen molar-refractivity contribution < 1.29 is 23.8 Å². The van der Waals surface area contributed by atoms with Crippen molar-refractivity contribution >= 4 is 26.6 Å². The number of anilines is 1. The first kappa shape index (κ1) is 29.9. The molecule has 2 fully saturated rings. The predicted molar refractivity (Wildman–Crippen MR) is 164 cm³/mol. The number of rotatable bonds is 9. The third kappa shape index (κ3) is 7.83. The highest BCUT2D eigenvalue weighted by atomic mass is 32.2. The molecule has 2 heterocycles. The Morgan fingerprint density at radius 1 is 0.929 bits per heavy atom. The van der Waals surface area contributed by atoms with E-state index in [-0.39, 0.29) is 12.1 Å². The van der Waals surface area contributed by atoms with Crippen LogP contribution in [0, 0.1) is 5.82 Å². The van der Waals surface area contributed by atoms with Crippen LogP contribution in [0.4, 0.5) is 10.1 Å². The minimum atomic E-state index is -3.80. The Bertz CT molecular complexity index is 1570. The van der Waals surface area contributed by atoms with Gasteiger partial charge in [0.15, 0.2) is 0 Å². The second-order valence-electron chi connectivity index (χ2n) is 10.5. The number of piperazine rings is 1. The van der Waals surface area contributed by atoms with Gasteiger partial charge < -0.3 is 4.74 Å². The maximum atomic E-state index is 14.3. The fraction of sp³-hybridized carbons (Fsp3) is 0.344. The van der Waals surface area contributed by atoms with E-state index >= 15 is 0 Å². The van der Waals surface area contributed by atoms with Gasteiger partial charge in [0.2, 0.25) is 0 Å². The average molecular weight is 595 g/mol. The number of fused-ring (bicyclic) bond motifs is 1. The summed E-state index contributed by atoms with van der Waals surface area (Å²) in [4.78, 5) is 12.5. The molecule has 224 valence electrons. The Kier molecular flexibility index (Phi) is 10.0. The molecule has 6 rings (SSSR count). The summed E-state index contributed by atoms with van der Waals surface area (Å²) < 4.78 is 48.0. The van der Waals surface area contributed by atoms with E-state index in [2.05, 4.69) is 14.6 Å². The van der Waals surface area contributed by atoms with Gasteiger partial charge >= 0.3 is 0 Å². The van der Waals surface area contributed by atoms with Gasteiger partial charge in [0.05, 0.1) is 19.2 Å². The number of nitrogens with one attached hydrogen (secondary N) is 1. The van der Waals surface area contributed by atoms with Crippen molar-refractivity contribution in [3.8, 4) is 5.75 Å². The number of pyridine rings is 1. The lowest BCUT2D eigenvalue weighted by Crippen LogP contribution is -2.45. The van der Waals surface area contributed by atoms with Gasteiger partial charge in [-0.05, 0) is 35.9 Å². The molecule has 0 radical (unpaired) electrons. The van der Waals surface area contributed by atoms with Crippen molar-refractivity contribution in [2.45, 2.75) is 43.7 Å². The predicted octanol–water partition coefficient (Wildman–Crippen LogP) is 6.24. The number of hydroxylamine groups is 2. The summed E-state index contributed by atoms with van der Waals surface area (Å²) >= 11 is 0. The number of hydrogen-bond donors (Lipinski definition) is 1. The van der Waals surface area contributed by atoms with Gasteiger partial charge in [0.25, 0.3) is 10.0 Å². The smallest absolute Gasteiger partial charge is 0.264 e. The fourth-order valence-corrected chi connectivity index (χ4v) is 5.87. The lowest BCUT2D eigenvalue weighted by atomic mass is 10.0. The molecule has 1 N–H and O–H groups in total. The van der Waals surface area contributed by atoms with Gasteiger partial charge in [0, 0.05) is 63.1 Å². The van der Waals surface area contributed by atoms with Crippen LogP contribution in [0.25, 0.3) is 10.9 Å². The van der Waals surface area contributed by atoms with Crippen molar-refractivity contribution in [3.05, 3.63) is 95.9 Å². The largest absolute Gasteiger partial charge is 0.497 e. The van der Waals surface area contributed by atoms with Crippen molar-refractivity contribution in [2.24, 2.45) is 0 Å². The molecular formula is C32H39FN4O4S. The fourth-order valence-electron chi connectivity index (χ4n) is 4.63. The lowest BCUT2D eigenvalue weighted by Gasteiger charge is -2.34. The summed E-state index contributed by atoms with van der Waals surface area (Å²) in [5, 5.41) is 2.67. The first-order valence-electron chi connectivity index (χ1n) is 14.3. The first-order valence-corrected chi connectivity index (χ1v) is 15.8. The topological polar surface area (TPSA) is 84.0 Å². The van der Waals surface area contributed by atoms with E-state index in [4.69, 9.17) is 9.57 Å². The van der Waals surface area contributed by atoms with E-state index in [9.17, 15) is 12.8 Å². The normalized spacial score (nSPS) is 15.9. The summed E-state index contributed by atoms with van der Waals surface area (Å²) in [7, 11) is -2.28. The number of benzene rings is 3. The van der Waals surface area contributed by atoms with Crippen LogP contribution in [0.15, 0.2) is 83.9 Å². The molecule has 1 saturated carbocycles. The Morgan fingerprint density at radius 3 is 2.31 bits per heavy atom. The minimum Gasteiger partial charge on any atom is -0.497 e. The summed E-state index contributed by atoms with van der Waals surface area (Å²) in [6, 6.07) is 20.7. The summed E-state index contributed by atoms with van der Waals surface area (Å²) in [5.74, 6) is 0.250. The van der Waals surface area contributed by atoms with Gasteiger partial charge in [-0.3, -0.25) is 19.4 Å². The molecular weight excluding hydrogens is 555 g/mol. The molecule has 4 aromatic rings. The molecule has 8 nitrogen and oxygen atoms in total. The quantitative estimate of drug-likeness (QED) is 0.246. The average Bonchev–Trinajstić information content (AvgIpc) is 2.97. The van der Waals surface area contributed by atoms with Crippen molar-refractivity contribution in [3.63, 3.8) is 0 Å². The van der Waals surface area contributed by atoms with Gasteiger partial charge in [-0.25, -0.2) is 12.8 Å². The number of para-hydroxylation sites is 1. The SMILES string of the molecule is C1CCC1.COc1ccc(CN2CCN(OCc3ccc(NS(=O)(=O)c4cccc5cccnc45)cc3)CC2)c(F)c1.[HH]. The van der Waals surface area contributed by atoms with E-state index in [0.29, 0.717) is 48.8 Å². The van der Waals surface area contributed by atoms with E-state index in [1.165, 1.54) is 38.9 Å².